The van der Waals surface area contributed by atoms with Gasteiger partial charge in [0.15, 0.2) is 0 Å². The summed E-state index contributed by atoms with van der Waals surface area (Å²) in [5.74, 6) is 0. The molecule has 2 rings (SSSR count). The van der Waals surface area contributed by atoms with Crippen LogP contribution in [0.5, 0.6) is 0 Å². The lowest BCUT2D eigenvalue weighted by atomic mass is 10.3. The molecular formula is C13H24N4O3S. The molecule has 1 aromatic heterocycles. The van der Waals surface area contributed by atoms with Crippen LogP contribution in [0.2, 0.25) is 0 Å². The molecule has 1 aromatic rings. The van der Waals surface area contributed by atoms with E-state index in [1.165, 1.54) is 4.31 Å². The third-order valence-electron chi connectivity index (χ3n) is 3.64. The number of nitrogens with two attached hydrogens (primary N) is 1. The summed E-state index contributed by atoms with van der Waals surface area (Å²) in [6, 6.07) is 0. The van der Waals surface area contributed by atoms with Crippen molar-refractivity contribution in [3.63, 3.8) is 0 Å². The van der Waals surface area contributed by atoms with E-state index in [4.69, 9.17) is 10.5 Å². The summed E-state index contributed by atoms with van der Waals surface area (Å²) in [7, 11) is -3.56. The lowest BCUT2D eigenvalue weighted by Crippen LogP contribution is -2.48. The predicted octanol–water partition coefficient (Wildman–Crippen LogP) is 0.257. The highest BCUT2D eigenvalue weighted by Crippen LogP contribution is 2.26. The van der Waals surface area contributed by atoms with Crippen LogP contribution in [-0.4, -0.2) is 54.3 Å². The Hall–Kier alpha value is -0.960. The second-order valence-corrected chi connectivity index (χ2v) is 7.47. The monoisotopic (exact) mass is 316 g/mol. The molecule has 0 aliphatic carbocycles. The van der Waals surface area contributed by atoms with E-state index < -0.39 is 10.0 Å². The van der Waals surface area contributed by atoms with Crippen molar-refractivity contribution in [2.75, 3.05) is 19.6 Å². The van der Waals surface area contributed by atoms with Crippen LogP contribution >= 0.6 is 0 Å². The van der Waals surface area contributed by atoms with Crippen molar-refractivity contribution in [3.05, 3.63) is 11.4 Å². The normalized spacial score (nSPS) is 24.4. The average Bonchev–Trinajstić information content (AvgIpc) is 2.64. The highest BCUT2D eigenvalue weighted by Gasteiger charge is 2.35. The van der Waals surface area contributed by atoms with Gasteiger partial charge in [0.25, 0.3) is 0 Å². The fraction of sp³-hybridized carbons (Fsp3) is 0.769. The maximum Gasteiger partial charge on any atom is 0.246 e. The van der Waals surface area contributed by atoms with Crippen molar-refractivity contribution >= 4 is 10.0 Å². The number of aryl methyl sites for hydroxylation is 1. The van der Waals surface area contributed by atoms with Gasteiger partial charge in [-0.2, -0.15) is 9.40 Å². The van der Waals surface area contributed by atoms with Gasteiger partial charge in [0.2, 0.25) is 10.0 Å². The molecule has 1 aliphatic rings. The van der Waals surface area contributed by atoms with E-state index >= 15 is 0 Å². The van der Waals surface area contributed by atoms with Gasteiger partial charge in [-0.3, -0.25) is 4.68 Å². The minimum Gasteiger partial charge on any atom is -0.373 e. The first-order chi connectivity index (χ1) is 9.77. The molecule has 1 fully saturated rings. The van der Waals surface area contributed by atoms with E-state index in [1.54, 1.807) is 18.5 Å². The number of sulfonamides is 1. The standard InChI is InChI=1S/C13H24N4O3S/c1-9-7-16(8-10(2)20-9)21(18,19)13-11(3)15-17(6-5-14)12(13)4/h9-10H,5-8,14H2,1-4H3. The van der Waals surface area contributed by atoms with E-state index in [0.29, 0.717) is 42.5 Å². The first kappa shape index (κ1) is 16.4. The molecule has 2 heterocycles. The minimum absolute atomic E-state index is 0.108. The quantitative estimate of drug-likeness (QED) is 0.860. The number of rotatable bonds is 4. The molecule has 8 heteroatoms. The molecule has 0 radical (unpaired) electrons. The van der Waals surface area contributed by atoms with Crippen molar-refractivity contribution in [2.24, 2.45) is 5.73 Å². The van der Waals surface area contributed by atoms with Gasteiger partial charge in [-0.1, -0.05) is 0 Å². The molecule has 1 aliphatic heterocycles. The second-order valence-electron chi connectivity index (χ2n) is 5.59. The van der Waals surface area contributed by atoms with Gasteiger partial charge in [-0.15, -0.1) is 0 Å². The van der Waals surface area contributed by atoms with Crippen molar-refractivity contribution in [1.82, 2.24) is 14.1 Å². The van der Waals surface area contributed by atoms with Gasteiger partial charge in [0, 0.05) is 19.6 Å². The van der Waals surface area contributed by atoms with Crippen LogP contribution in [-0.2, 0) is 21.3 Å². The molecule has 2 unspecified atom stereocenters. The van der Waals surface area contributed by atoms with E-state index in [1.807, 2.05) is 13.8 Å². The largest absolute Gasteiger partial charge is 0.373 e. The molecular weight excluding hydrogens is 292 g/mol. The molecule has 0 bridgehead atoms. The smallest absolute Gasteiger partial charge is 0.246 e. The highest BCUT2D eigenvalue weighted by atomic mass is 32.2. The zero-order valence-corrected chi connectivity index (χ0v) is 13.9. The fourth-order valence-corrected chi connectivity index (χ4v) is 4.81. The number of aromatic nitrogens is 2. The summed E-state index contributed by atoms with van der Waals surface area (Å²) in [4.78, 5) is 0.303. The maximum absolute atomic E-state index is 12.9. The minimum atomic E-state index is -3.56. The first-order valence-corrected chi connectivity index (χ1v) is 8.61. The van der Waals surface area contributed by atoms with Crippen LogP contribution in [0.25, 0.3) is 0 Å². The summed E-state index contributed by atoms with van der Waals surface area (Å²) in [5, 5.41) is 4.30. The lowest BCUT2D eigenvalue weighted by molar-refractivity contribution is -0.0441. The van der Waals surface area contributed by atoms with Gasteiger partial charge in [0.05, 0.1) is 30.1 Å². The Balaban J connectivity index is 2.40. The molecule has 2 N–H and O–H groups in total. The molecule has 21 heavy (non-hydrogen) atoms. The van der Waals surface area contributed by atoms with Gasteiger partial charge < -0.3 is 10.5 Å². The Labute approximate surface area is 126 Å². The molecule has 0 spiro atoms. The zero-order chi connectivity index (χ0) is 15.8. The molecule has 2 atom stereocenters. The summed E-state index contributed by atoms with van der Waals surface area (Å²) < 4.78 is 34.6. The van der Waals surface area contributed by atoms with Gasteiger partial charge in [0.1, 0.15) is 4.90 Å². The number of hydrogen-bond acceptors (Lipinski definition) is 5. The summed E-state index contributed by atoms with van der Waals surface area (Å²) in [6.45, 7) is 8.94. The first-order valence-electron chi connectivity index (χ1n) is 7.17. The second kappa shape index (κ2) is 6.04. The molecule has 0 saturated carbocycles. The number of ether oxygens (including phenoxy) is 1. The molecule has 0 aromatic carbocycles. The molecule has 1 saturated heterocycles. The zero-order valence-electron chi connectivity index (χ0n) is 13.0. The Morgan fingerprint density at radius 1 is 1.29 bits per heavy atom. The van der Waals surface area contributed by atoms with Crippen LogP contribution in [0, 0.1) is 13.8 Å². The fourth-order valence-electron chi connectivity index (χ4n) is 2.85. The summed E-state index contributed by atoms with van der Waals surface area (Å²) in [5.41, 5.74) is 6.70. The third kappa shape index (κ3) is 3.13. The maximum atomic E-state index is 12.9. The topological polar surface area (TPSA) is 90.5 Å². The number of morpholine rings is 1. The molecule has 0 amide bonds. The Bertz CT molecular complexity index is 601. The average molecular weight is 316 g/mol. The van der Waals surface area contributed by atoms with Crippen LogP contribution in [0.4, 0.5) is 0 Å². The number of nitrogens with zero attached hydrogens (tertiary/aromatic N) is 3. The van der Waals surface area contributed by atoms with Crippen LogP contribution in [0.1, 0.15) is 25.2 Å². The number of hydrogen-bond donors (Lipinski definition) is 1. The molecule has 7 nitrogen and oxygen atoms in total. The summed E-state index contributed by atoms with van der Waals surface area (Å²) in [6.07, 6.45) is -0.216. The Morgan fingerprint density at radius 3 is 2.38 bits per heavy atom. The lowest BCUT2D eigenvalue weighted by Gasteiger charge is -2.34. The van der Waals surface area contributed by atoms with Crippen LogP contribution < -0.4 is 5.73 Å². The van der Waals surface area contributed by atoms with E-state index in [9.17, 15) is 8.42 Å². The van der Waals surface area contributed by atoms with E-state index in [0.717, 1.165) is 0 Å². The van der Waals surface area contributed by atoms with Crippen molar-refractivity contribution < 1.29 is 13.2 Å². The van der Waals surface area contributed by atoms with E-state index in [2.05, 4.69) is 5.10 Å². The van der Waals surface area contributed by atoms with Crippen LogP contribution in [0.3, 0.4) is 0 Å². The van der Waals surface area contributed by atoms with Gasteiger partial charge >= 0.3 is 0 Å². The van der Waals surface area contributed by atoms with Gasteiger partial charge in [-0.25, -0.2) is 8.42 Å². The summed E-state index contributed by atoms with van der Waals surface area (Å²) >= 11 is 0. The Morgan fingerprint density at radius 2 is 1.86 bits per heavy atom. The van der Waals surface area contributed by atoms with Crippen molar-refractivity contribution in [3.8, 4) is 0 Å². The third-order valence-corrected chi connectivity index (χ3v) is 5.72. The van der Waals surface area contributed by atoms with Crippen molar-refractivity contribution in [1.29, 1.82) is 0 Å². The highest BCUT2D eigenvalue weighted by molar-refractivity contribution is 7.89. The molecule has 120 valence electrons. The van der Waals surface area contributed by atoms with Crippen LogP contribution in [0.15, 0.2) is 4.90 Å². The van der Waals surface area contributed by atoms with Gasteiger partial charge in [-0.05, 0) is 27.7 Å². The van der Waals surface area contributed by atoms with E-state index in [-0.39, 0.29) is 12.2 Å². The van der Waals surface area contributed by atoms with Crippen molar-refractivity contribution in [2.45, 2.75) is 51.3 Å². The SMILES string of the molecule is Cc1nn(CCN)c(C)c1S(=O)(=O)N1CC(C)OC(C)C1. The Kier molecular flexibility index (Phi) is 4.72. The predicted molar refractivity (Wildman–Crippen MR) is 79.5 cm³/mol.